The summed E-state index contributed by atoms with van der Waals surface area (Å²) in [6, 6.07) is 7.36. The molecule has 0 fully saturated rings. The lowest BCUT2D eigenvalue weighted by atomic mass is 10.2. The maximum Gasteiger partial charge on any atom is 0.325 e. The van der Waals surface area contributed by atoms with Gasteiger partial charge in [0, 0.05) is 6.04 Å². The predicted molar refractivity (Wildman–Crippen MR) is 80.1 cm³/mol. The molecule has 5 heteroatoms. The minimum atomic E-state index is -0.667. The van der Waals surface area contributed by atoms with Gasteiger partial charge in [-0.25, -0.2) is 0 Å². The largest absolute Gasteiger partial charge is 0.481 e. The van der Waals surface area contributed by atoms with E-state index in [9.17, 15) is 9.59 Å². The van der Waals surface area contributed by atoms with Crippen molar-refractivity contribution in [3.63, 3.8) is 0 Å². The van der Waals surface area contributed by atoms with E-state index in [1.54, 1.807) is 6.92 Å². The van der Waals surface area contributed by atoms with E-state index in [0.717, 1.165) is 5.56 Å². The topological polar surface area (TPSA) is 55.8 Å². The number of ether oxygens (including phenoxy) is 2. The Kier molecular flexibility index (Phi) is 6.21. The maximum atomic E-state index is 12.4. The van der Waals surface area contributed by atoms with Crippen LogP contribution in [0.1, 0.15) is 26.3 Å². The fraction of sp³-hybridized carbons (Fsp3) is 0.500. The van der Waals surface area contributed by atoms with Gasteiger partial charge in [-0.05, 0) is 39.8 Å². The number of carbonyl (C=O) groups excluding carboxylic acids is 2. The number of aryl methyl sites for hydroxylation is 1. The Balaban J connectivity index is 2.73. The molecule has 116 valence electrons. The van der Waals surface area contributed by atoms with Gasteiger partial charge in [0.2, 0.25) is 0 Å². The van der Waals surface area contributed by atoms with Gasteiger partial charge in [0.15, 0.2) is 6.10 Å². The molecule has 1 amide bonds. The van der Waals surface area contributed by atoms with E-state index in [2.05, 4.69) is 4.74 Å². The lowest BCUT2D eigenvalue weighted by Gasteiger charge is -2.28. The highest BCUT2D eigenvalue weighted by Gasteiger charge is 2.26. The molecule has 1 aromatic rings. The first-order valence-electron chi connectivity index (χ1n) is 6.95. The number of nitrogens with zero attached hydrogens (tertiary/aromatic N) is 1. The SMILES string of the molecule is COC(=O)CN(C(=O)C(C)Oc1ccc(C)cc1)C(C)C. The van der Waals surface area contributed by atoms with Crippen molar-refractivity contribution in [3.8, 4) is 5.75 Å². The number of methoxy groups -OCH3 is 1. The van der Waals surface area contributed by atoms with E-state index in [1.165, 1.54) is 12.0 Å². The molecule has 0 spiro atoms. The minimum Gasteiger partial charge on any atom is -0.481 e. The first kappa shape index (κ1) is 17.0. The summed E-state index contributed by atoms with van der Waals surface area (Å²) in [6.45, 7) is 7.28. The van der Waals surface area contributed by atoms with Gasteiger partial charge in [-0.2, -0.15) is 0 Å². The van der Waals surface area contributed by atoms with Crippen molar-refractivity contribution in [3.05, 3.63) is 29.8 Å². The molecule has 1 unspecified atom stereocenters. The zero-order valence-corrected chi connectivity index (χ0v) is 13.3. The fourth-order valence-electron chi connectivity index (χ4n) is 1.82. The molecule has 5 nitrogen and oxygen atoms in total. The third kappa shape index (κ3) is 5.10. The van der Waals surface area contributed by atoms with Crippen LogP contribution in [-0.4, -0.2) is 42.6 Å². The third-order valence-electron chi connectivity index (χ3n) is 3.12. The molecule has 0 heterocycles. The number of hydrogen-bond donors (Lipinski definition) is 0. The summed E-state index contributed by atoms with van der Waals surface area (Å²) < 4.78 is 10.3. The van der Waals surface area contributed by atoms with Gasteiger partial charge in [-0.1, -0.05) is 17.7 Å². The van der Waals surface area contributed by atoms with Gasteiger partial charge in [-0.3, -0.25) is 9.59 Å². The first-order chi connectivity index (χ1) is 9.85. The molecule has 0 aromatic heterocycles. The third-order valence-corrected chi connectivity index (χ3v) is 3.12. The molecule has 0 N–H and O–H groups in total. The van der Waals surface area contributed by atoms with E-state index in [-0.39, 0.29) is 18.5 Å². The van der Waals surface area contributed by atoms with Crippen LogP contribution in [0.3, 0.4) is 0 Å². The summed E-state index contributed by atoms with van der Waals surface area (Å²) in [5.41, 5.74) is 1.12. The molecule has 1 rings (SSSR count). The van der Waals surface area contributed by atoms with Crippen LogP contribution in [0.25, 0.3) is 0 Å². The molecule has 1 atom stereocenters. The Bertz CT molecular complexity index is 482. The molecule has 0 saturated heterocycles. The molecule has 0 aliphatic rings. The fourth-order valence-corrected chi connectivity index (χ4v) is 1.82. The van der Waals surface area contributed by atoms with Crippen molar-refractivity contribution >= 4 is 11.9 Å². The van der Waals surface area contributed by atoms with Crippen LogP contribution in [-0.2, 0) is 14.3 Å². The highest BCUT2D eigenvalue weighted by Crippen LogP contribution is 2.15. The van der Waals surface area contributed by atoms with Crippen molar-refractivity contribution in [1.29, 1.82) is 0 Å². The highest BCUT2D eigenvalue weighted by atomic mass is 16.5. The van der Waals surface area contributed by atoms with Gasteiger partial charge in [0.25, 0.3) is 5.91 Å². The van der Waals surface area contributed by atoms with Gasteiger partial charge in [0.05, 0.1) is 7.11 Å². The lowest BCUT2D eigenvalue weighted by molar-refractivity contribution is -0.150. The molecular weight excluding hydrogens is 270 g/mol. The Labute approximate surface area is 125 Å². The average Bonchev–Trinajstić information content (AvgIpc) is 2.45. The number of carbonyl (C=O) groups is 2. The number of rotatable bonds is 6. The molecule has 0 radical (unpaired) electrons. The van der Waals surface area contributed by atoms with Gasteiger partial charge < -0.3 is 14.4 Å². The Morgan fingerprint density at radius 2 is 1.71 bits per heavy atom. The first-order valence-corrected chi connectivity index (χ1v) is 6.95. The van der Waals surface area contributed by atoms with E-state index in [0.29, 0.717) is 5.75 Å². The Morgan fingerprint density at radius 3 is 2.19 bits per heavy atom. The van der Waals surface area contributed by atoms with E-state index < -0.39 is 12.1 Å². The lowest BCUT2D eigenvalue weighted by Crippen LogP contribution is -2.47. The van der Waals surface area contributed by atoms with Crippen LogP contribution in [0.5, 0.6) is 5.75 Å². The number of benzene rings is 1. The van der Waals surface area contributed by atoms with Crippen molar-refractivity contribution in [2.45, 2.75) is 39.8 Å². The van der Waals surface area contributed by atoms with Crippen LogP contribution < -0.4 is 4.74 Å². The molecule has 21 heavy (non-hydrogen) atoms. The normalized spacial score (nSPS) is 11.9. The Hall–Kier alpha value is -2.04. The highest BCUT2D eigenvalue weighted by molar-refractivity contribution is 5.85. The van der Waals surface area contributed by atoms with E-state index in [4.69, 9.17) is 4.74 Å². The molecular formula is C16H23NO4. The second-order valence-electron chi connectivity index (χ2n) is 5.21. The van der Waals surface area contributed by atoms with Crippen molar-refractivity contribution in [1.82, 2.24) is 4.90 Å². The zero-order valence-electron chi connectivity index (χ0n) is 13.3. The summed E-state index contributed by atoms with van der Waals surface area (Å²) in [5, 5.41) is 0. The van der Waals surface area contributed by atoms with E-state index in [1.807, 2.05) is 45.0 Å². The average molecular weight is 293 g/mol. The summed E-state index contributed by atoms with van der Waals surface area (Å²) in [5.74, 6) is -0.0567. The standard InChI is InChI=1S/C16H23NO4/c1-11(2)17(10-15(18)20-5)16(19)13(4)21-14-8-6-12(3)7-9-14/h6-9,11,13H,10H2,1-5H3. The molecule has 0 aliphatic heterocycles. The summed E-state index contributed by atoms with van der Waals surface area (Å²) >= 11 is 0. The van der Waals surface area contributed by atoms with Crippen LogP contribution in [0.4, 0.5) is 0 Å². The zero-order chi connectivity index (χ0) is 16.0. The number of hydrogen-bond acceptors (Lipinski definition) is 4. The maximum absolute atomic E-state index is 12.4. The van der Waals surface area contributed by atoms with E-state index >= 15 is 0 Å². The second-order valence-corrected chi connectivity index (χ2v) is 5.21. The molecule has 0 bridgehead atoms. The Morgan fingerprint density at radius 1 is 1.14 bits per heavy atom. The quantitative estimate of drug-likeness (QED) is 0.754. The van der Waals surface area contributed by atoms with Crippen molar-refractivity contribution < 1.29 is 19.1 Å². The van der Waals surface area contributed by atoms with Crippen LogP contribution in [0, 0.1) is 6.92 Å². The molecule has 0 saturated carbocycles. The molecule has 1 aromatic carbocycles. The van der Waals surface area contributed by atoms with Gasteiger partial charge in [-0.15, -0.1) is 0 Å². The second kappa shape index (κ2) is 7.67. The van der Waals surface area contributed by atoms with Gasteiger partial charge >= 0.3 is 5.97 Å². The monoisotopic (exact) mass is 293 g/mol. The number of esters is 1. The van der Waals surface area contributed by atoms with Gasteiger partial charge in [0.1, 0.15) is 12.3 Å². The van der Waals surface area contributed by atoms with Crippen molar-refractivity contribution in [2.75, 3.05) is 13.7 Å². The summed E-state index contributed by atoms with van der Waals surface area (Å²) in [6.07, 6.45) is -0.667. The van der Waals surface area contributed by atoms with Crippen LogP contribution in [0.15, 0.2) is 24.3 Å². The summed E-state index contributed by atoms with van der Waals surface area (Å²) in [7, 11) is 1.30. The van der Waals surface area contributed by atoms with Crippen LogP contribution in [0.2, 0.25) is 0 Å². The van der Waals surface area contributed by atoms with Crippen LogP contribution >= 0.6 is 0 Å². The smallest absolute Gasteiger partial charge is 0.325 e. The summed E-state index contributed by atoms with van der Waals surface area (Å²) in [4.78, 5) is 25.2. The molecule has 0 aliphatic carbocycles. The number of amides is 1. The van der Waals surface area contributed by atoms with Crippen molar-refractivity contribution in [2.24, 2.45) is 0 Å². The minimum absolute atomic E-state index is 0.0748. The predicted octanol–water partition coefficient (Wildman–Crippen LogP) is 2.17.